The fourth-order valence-electron chi connectivity index (χ4n) is 6.46. The van der Waals surface area contributed by atoms with E-state index in [1.54, 1.807) is 6.07 Å². The Labute approximate surface area is 274 Å². The van der Waals surface area contributed by atoms with E-state index in [9.17, 15) is 18.4 Å². The highest BCUT2D eigenvalue weighted by Gasteiger charge is 2.29. The maximum atomic E-state index is 12.9. The molecular formula is C34H37F3N8OS. The molecule has 0 atom stereocenters. The average molecular weight is 663 g/mol. The summed E-state index contributed by atoms with van der Waals surface area (Å²) in [6.45, 7) is 3.71. The maximum absolute atomic E-state index is 12.9. The van der Waals surface area contributed by atoms with Gasteiger partial charge < -0.3 is 14.6 Å². The van der Waals surface area contributed by atoms with Gasteiger partial charge in [-0.15, -0.1) is 16.4 Å². The molecule has 4 aromatic heterocycles. The summed E-state index contributed by atoms with van der Waals surface area (Å²) in [5.41, 5.74) is 3.65. The summed E-state index contributed by atoms with van der Waals surface area (Å²) in [5.74, 6) is 2.13. The number of H-pyrrole nitrogens is 1. The lowest BCUT2D eigenvalue weighted by molar-refractivity contribution is -0.126. The van der Waals surface area contributed by atoms with Crippen molar-refractivity contribution in [2.45, 2.75) is 76.7 Å². The number of likely N-dealkylation sites (tertiary alicyclic amines) is 1. The molecule has 5 aromatic rings. The van der Waals surface area contributed by atoms with Gasteiger partial charge in [0, 0.05) is 47.5 Å². The number of unbranched alkanes of at least 4 members (excludes halogenated alkanes) is 1. The topological polar surface area (TPSA) is 108 Å². The summed E-state index contributed by atoms with van der Waals surface area (Å²) in [6.07, 6.45) is 4.28. The van der Waals surface area contributed by atoms with Crippen LogP contribution in [0.1, 0.15) is 66.8 Å². The molecule has 0 amide bonds. The number of anilines is 1. The highest BCUT2D eigenvalue weighted by Crippen LogP contribution is 2.34. The Morgan fingerprint density at radius 2 is 1.89 bits per heavy atom. The summed E-state index contributed by atoms with van der Waals surface area (Å²) in [6, 6.07) is 14.3. The number of ether oxygens (including phenoxy) is 1. The molecule has 13 heteroatoms. The minimum Gasteiger partial charge on any atom is -0.477 e. The molecule has 0 unspecified atom stereocenters. The van der Waals surface area contributed by atoms with E-state index in [1.807, 2.05) is 16.7 Å². The Morgan fingerprint density at radius 3 is 2.68 bits per heavy atom. The van der Waals surface area contributed by atoms with Crippen LogP contribution in [0.5, 0.6) is 5.88 Å². The van der Waals surface area contributed by atoms with Crippen LogP contribution in [0.15, 0.2) is 42.7 Å². The maximum Gasteiger partial charge on any atom is 0.393 e. The van der Waals surface area contributed by atoms with E-state index < -0.39 is 12.6 Å². The number of hydrogen-bond acceptors (Lipinski definition) is 8. The zero-order valence-electron chi connectivity index (χ0n) is 26.0. The summed E-state index contributed by atoms with van der Waals surface area (Å²) in [4.78, 5) is 11.7. The fraction of sp³-hybridized carbons (Fsp3) is 0.471. The van der Waals surface area contributed by atoms with Crippen molar-refractivity contribution in [3.63, 3.8) is 0 Å². The van der Waals surface area contributed by atoms with Gasteiger partial charge in [-0.3, -0.25) is 10.00 Å². The Kier molecular flexibility index (Phi) is 9.05. The number of alkyl halides is 3. The second-order valence-corrected chi connectivity index (χ2v) is 13.9. The van der Waals surface area contributed by atoms with Crippen LogP contribution in [0.25, 0.3) is 21.1 Å². The van der Waals surface area contributed by atoms with Gasteiger partial charge in [0.15, 0.2) is 0 Å². The first-order valence-electron chi connectivity index (χ1n) is 16.3. The summed E-state index contributed by atoms with van der Waals surface area (Å²) >= 11 is 1.07. The van der Waals surface area contributed by atoms with Gasteiger partial charge in [0.1, 0.15) is 28.7 Å². The number of fused-ring (bicyclic) bond motifs is 2. The van der Waals surface area contributed by atoms with E-state index in [-0.39, 0.29) is 10.9 Å². The van der Waals surface area contributed by atoms with Crippen LogP contribution < -0.4 is 10.1 Å². The summed E-state index contributed by atoms with van der Waals surface area (Å²) < 4.78 is 46.6. The number of rotatable bonds is 13. The molecule has 0 bridgehead atoms. The van der Waals surface area contributed by atoms with Crippen LogP contribution in [-0.4, -0.2) is 61.5 Å². The van der Waals surface area contributed by atoms with Crippen molar-refractivity contribution in [1.82, 2.24) is 29.6 Å². The van der Waals surface area contributed by atoms with Crippen LogP contribution in [0.2, 0.25) is 0 Å². The van der Waals surface area contributed by atoms with Crippen LogP contribution in [0.4, 0.5) is 19.0 Å². The molecule has 0 radical (unpaired) electrons. The summed E-state index contributed by atoms with van der Waals surface area (Å²) in [5, 5.41) is 22.4. The van der Waals surface area contributed by atoms with Crippen LogP contribution in [0, 0.1) is 17.2 Å². The molecule has 1 aliphatic carbocycles. The van der Waals surface area contributed by atoms with Gasteiger partial charge in [0.2, 0.25) is 5.88 Å². The Bertz CT molecular complexity index is 1880. The third-order valence-corrected chi connectivity index (χ3v) is 10.1. The number of nitrogens with zero attached hydrogens (tertiary/aromatic N) is 6. The normalized spacial score (nSPS) is 16.2. The zero-order chi connectivity index (χ0) is 32.4. The smallest absolute Gasteiger partial charge is 0.393 e. The zero-order valence-corrected chi connectivity index (χ0v) is 26.8. The van der Waals surface area contributed by atoms with Crippen molar-refractivity contribution in [3.05, 3.63) is 64.6 Å². The third-order valence-electron chi connectivity index (χ3n) is 9.06. The van der Waals surface area contributed by atoms with Crippen molar-refractivity contribution in [2.75, 3.05) is 25.0 Å². The third kappa shape index (κ3) is 7.88. The first-order chi connectivity index (χ1) is 22.8. The minimum atomic E-state index is -4.25. The van der Waals surface area contributed by atoms with Crippen molar-refractivity contribution in [3.8, 4) is 11.9 Å². The molecule has 5 heterocycles. The number of nitriles is 1. The molecule has 2 fully saturated rings. The van der Waals surface area contributed by atoms with E-state index in [0.717, 1.165) is 72.7 Å². The number of nitrogens with one attached hydrogen (secondary N) is 2. The van der Waals surface area contributed by atoms with Gasteiger partial charge in [-0.25, -0.2) is 9.97 Å². The van der Waals surface area contributed by atoms with Crippen molar-refractivity contribution in [1.29, 1.82) is 5.26 Å². The Hall–Kier alpha value is -4.15. The van der Waals surface area contributed by atoms with E-state index >= 15 is 0 Å². The molecule has 2 aliphatic rings. The second kappa shape index (κ2) is 13.5. The summed E-state index contributed by atoms with van der Waals surface area (Å²) in [7, 11) is 0. The molecule has 9 nitrogen and oxygen atoms in total. The van der Waals surface area contributed by atoms with Gasteiger partial charge in [-0.1, -0.05) is 25.3 Å². The SMILES string of the molecule is N#Cc1cc2cc(CN3CCC(Nc4ncnc5sc(CC(F)(F)F)cc45)CC3)ccc2n1Cc1cc(OCCCCC2CC2)n[nH]1. The highest BCUT2D eigenvalue weighted by molar-refractivity contribution is 7.18. The lowest BCUT2D eigenvalue weighted by Gasteiger charge is -2.32. The molecule has 7 rings (SSSR count). The minimum absolute atomic E-state index is 0.172. The van der Waals surface area contributed by atoms with Gasteiger partial charge in [0.05, 0.1) is 30.7 Å². The van der Waals surface area contributed by atoms with Crippen molar-refractivity contribution in [2.24, 2.45) is 5.92 Å². The predicted octanol–water partition coefficient (Wildman–Crippen LogP) is 7.43. The van der Waals surface area contributed by atoms with Crippen LogP contribution >= 0.6 is 11.3 Å². The number of thiophene rings is 1. The van der Waals surface area contributed by atoms with E-state index in [2.05, 4.69) is 54.7 Å². The first kappa shape index (κ1) is 31.4. The van der Waals surface area contributed by atoms with Gasteiger partial charge in [-0.2, -0.15) is 18.4 Å². The molecule has 0 spiro atoms. The van der Waals surface area contributed by atoms with Crippen LogP contribution in [-0.2, 0) is 19.5 Å². The monoisotopic (exact) mass is 662 g/mol. The molecule has 1 aliphatic heterocycles. The number of hydrogen-bond donors (Lipinski definition) is 2. The molecule has 2 N–H and O–H groups in total. The van der Waals surface area contributed by atoms with E-state index in [4.69, 9.17) is 4.74 Å². The number of benzene rings is 1. The largest absolute Gasteiger partial charge is 0.477 e. The molecule has 1 saturated carbocycles. The van der Waals surface area contributed by atoms with Gasteiger partial charge >= 0.3 is 6.18 Å². The molecular weight excluding hydrogens is 625 g/mol. The number of aromatic amines is 1. The lowest BCUT2D eigenvalue weighted by Crippen LogP contribution is -2.38. The molecule has 1 aromatic carbocycles. The van der Waals surface area contributed by atoms with E-state index in [1.165, 1.54) is 37.6 Å². The quantitative estimate of drug-likeness (QED) is 0.126. The second-order valence-electron chi connectivity index (χ2n) is 12.8. The predicted molar refractivity (Wildman–Crippen MR) is 176 cm³/mol. The standard InChI is InChI=1S/C34H37F3N8OS/c35-34(36,37)17-28-16-29-32(39-21-40-33(29)47-28)41-25-8-10-44(11-9-25)19-23-6-7-30-24(13-23)14-27(18-38)45(30)20-26-15-31(43-42-26)46-12-2-1-3-22-4-5-22/h6-7,13-16,21-22,25H,1-5,8-12,17,19-20H2,(H,42,43)(H,39,40,41). The van der Waals surface area contributed by atoms with Gasteiger partial charge in [0.25, 0.3) is 0 Å². The van der Waals surface area contributed by atoms with Gasteiger partial charge in [-0.05, 0) is 61.4 Å². The lowest BCUT2D eigenvalue weighted by atomic mass is 10.0. The molecule has 1 saturated heterocycles. The first-order valence-corrected chi connectivity index (χ1v) is 17.1. The fourth-order valence-corrected chi connectivity index (χ4v) is 7.48. The van der Waals surface area contributed by atoms with Crippen molar-refractivity contribution >= 4 is 38.3 Å². The highest BCUT2D eigenvalue weighted by atomic mass is 32.1. The number of piperidine rings is 1. The molecule has 47 heavy (non-hydrogen) atoms. The number of halogens is 3. The van der Waals surface area contributed by atoms with E-state index in [0.29, 0.717) is 40.8 Å². The van der Waals surface area contributed by atoms with Crippen LogP contribution in [0.3, 0.4) is 0 Å². The Morgan fingerprint density at radius 1 is 1.04 bits per heavy atom. The Balaban J connectivity index is 0.934. The van der Waals surface area contributed by atoms with Crippen molar-refractivity contribution < 1.29 is 17.9 Å². The average Bonchev–Trinajstić information content (AvgIpc) is 3.44. The number of aromatic nitrogens is 5. The molecule has 246 valence electrons.